The van der Waals surface area contributed by atoms with Crippen molar-refractivity contribution in [2.45, 2.75) is 32.7 Å². The lowest BCUT2D eigenvalue weighted by Crippen LogP contribution is -2.13. The molecular weight excluding hydrogens is 464 g/mol. The molecule has 8 heteroatoms. The second-order valence-corrected chi connectivity index (χ2v) is 8.31. The van der Waals surface area contributed by atoms with E-state index in [1.54, 1.807) is 29.0 Å². The molecule has 0 spiro atoms. The molecule has 35 heavy (non-hydrogen) atoms. The molecule has 0 amide bonds. The Hall–Kier alpha value is -4.15. The summed E-state index contributed by atoms with van der Waals surface area (Å²) in [5, 5.41) is 19.3. The minimum absolute atomic E-state index is 0.00334. The quantitative estimate of drug-likeness (QED) is 0.295. The molecule has 2 aromatic heterocycles. The van der Waals surface area contributed by atoms with Crippen molar-refractivity contribution in [3.63, 3.8) is 0 Å². The first kappa shape index (κ1) is 24.0. The minimum Gasteiger partial charge on any atom is -0.476 e. The molecule has 0 radical (unpaired) electrons. The summed E-state index contributed by atoms with van der Waals surface area (Å²) in [6, 6.07) is 20.5. The van der Waals surface area contributed by atoms with Gasteiger partial charge in [0.2, 0.25) is 5.88 Å². The van der Waals surface area contributed by atoms with Crippen LogP contribution in [0.5, 0.6) is 11.6 Å². The fourth-order valence-corrected chi connectivity index (χ4v) is 4.07. The van der Waals surface area contributed by atoms with Crippen LogP contribution >= 0.6 is 11.6 Å². The number of aryl methyl sites for hydroxylation is 1. The average Bonchev–Trinajstić information content (AvgIpc) is 3.18. The second kappa shape index (κ2) is 10.9. The number of benzene rings is 2. The number of carbonyl (C=O) groups is 1. The summed E-state index contributed by atoms with van der Waals surface area (Å²) in [7, 11) is 0. The Balaban J connectivity index is 1.62. The molecule has 0 unspecified atom stereocenters. The number of nitriles is 1. The lowest BCUT2D eigenvalue weighted by atomic mass is 9.99. The number of pyridine rings is 1. The lowest BCUT2D eigenvalue weighted by Gasteiger charge is -2.12. The van der Waals surface area contributed by atoms with Gasteiger partial charge < -0.3 is 14.4 Å². The topological polar surface area (TPSA) is 101 Å². The molecule has 0 fully saturated rings. The van der Waals surface area contributed by atoms with Crippen molar-refractivity contribution >= 4 is 17.6 Å². The number of halogens is 1. The van der Waals surface area contributed by atoms with Crippen LogP contribution < -0.4 is 4.74 Å². The highest BCUT2D eigenvalue weighted by molar-refractivity contribution is 6.32. The summed E-state index contributed by atoms with van der Waals surface area (Å²) in [5.41, 5.74) is 2.97. The molecule has 0 bridgehead atoms. The van der Waals surface area contributed by atoms with Crippen LogP contribution in [-0.2, 0) is 13.0 Å². The van der Waals surface area contributed by atoms with Crippen LogP contribution in [0.4, 0.5) is 0 Å². The number of hydrogen-bond donors (Lipinski definition) is 1. The number of carboxylic acids is 1. The van der Waals surface area contributed by atoms with E-state index in [-0.39, 0.29) is 10.8 Å². The van der Waals surface area contributed by atoms with Gasteiger partial charge in [-0.05, 0) is 41.8 Å². The highest BCUT2D eigenvalue weighted by Gasteiger charge is 2.21. The van der Waals surface area contributed by atoms with E-state index in [1.165, 1.54) is 0 Å². The standard InChI is InChI=1S/C27H23ClN4O3/c1-2-3-6-23-31-26(28)25(27(33)34)32(23)17-18-8-10-19(11-9-18)22-15-21(13-12-20(22)16-29)35-24-7-4-5-14-30-24/h4-5,7-15H,2-3,6,17H2,1H3,(H,33,34). The number of aromatic nitrogens is 3. The third-order valence-electron chi connectivity index (χ3n) is 5.54. The molecule has 2 aromatic carbocycles. The summed E-state index contributed by atoms with van der Waals surface area (Å²) < 4.78 is 7.49. The van der Waals surface area contributed by atoms with Crippen molar-refractivity contribution < 1.29 is 14.6 Å². The number of aromatic carboxylic acids is 1. The van der Waals surface area contributed by atoms with Gasteiger partial charge in [0.05, 0.1) is 11.6 Å². The third-order valence-corrected chi connectivity index (χ3v) is 5.80. The monoisotopic (exact) mass is 486 g/mol. The molecule has 0 aliphatic rings. The summed E-state index contributed by atoms with van der Waals surface area (Å²) in [4.78, 5) is 20.3. The van der Waals surface area contributed by atoms with E-state index in [0.717, 1.165) is 29.5 Å². The molecule has 0 aliphatic carbocycles. The molecule has 1 N–H and O–H groups in total. The van der Waals surface area contributed by atoms with Crippen LogP contribution in [0.3, 0.4) is 0 Å². The number of carboxylic acid groups (broad SMARTS) is 1. The Morgan fingerprint density at radius 3 is 2.63 bits per heavy atom. The first-order valence-corrected chi connectivity index (χ1v) is 11.6. The third kappa shape index (κ3) is 5.51. The van der Waals surface area contributed by atoms with Gasteiger partial charge in [-0.25, -0.2) is 14.8 Å². The van der Waals surface area contributed by atoms with Gasteiger partial charge in [-0.2, -0.15) is 5.26 Å². The Labute approximate surface area is 208 Å². The van der Waals surface area contributed by atoms with E-state index >= 15 is 0 Å². The van der Waals surface area contributed by atoms with Gasteiger partial charge in [0, 0.05) is 30.8 Å². The zero-order valence-corrected chi connectivity index (χ0v) is 19.9. The number of hydrogen-bond acceptors (Lipinski definition) is 5. The van der Waals surface area contributed by atoms with Crippen LogP contribution in [0.15, 0.2) is 66.9 Å². The van der Waals surface area contributed by atoms with E-state index in [0.29, 0.717) is 36.0 Å². The van der Waals surface area contributed by atoms with Crippen molar-refractivity contribution in [2.24, 2.45) is 0 Å². The van der Waals surface area contributed by atoms with E-state index in [9.17, 15) is 15.2 Å². The Morgan fingerprint density at radius 2 is 1.97 bits per heavy atom. The maximum absolute atomic E-state index is 11.8. The Kier molecular flexibility index (Phi) is 7.44. The fraction of sp³-hybridized carbons (Fsp3) is 0.185. The first-order chi connectivity index (χ1) is 17.0. The first-order valence-electron chi connectivity index (χ1n) is 11.2. The van der Waals surface area contributed by atoms with Gasteiger partial charge in [0.1, 0.15) is 11.6 Å². The molecule has 7 nitrogen and oxygen atoms in total. The second-order valence-electron chi connectivity index (χ2n) is 7.95. The van der Waals surface area contributed by atoms with Gasteiger partial charge >= 0.3 is 5.97 Å². The van der Waals surface area contributed by atoms with Crippen LogP contribution in [0.25, 0.3) is 11.1 Å². The van der Waals surface area contributed by atoms with Crippen molar-refractivity contribution in [3.05, 3.63) is 94.7 Å². The highest BCUT2D eigenvalue weighted by Crippen LogP contribution is 2.30. The van der Waals surface area contributed by atoms with E-state index < -0.39 is 5.97 Å². The Morgan fingerprint density at radius 1 is 1.17 bits per heavy atom. The smallest absolute Gasteiger partial charge is 0.355 e. The summed E-state index contributed by atoms with van der Waals surface area (Å²) in [6.45, 7) is 2.40. The number of nitrogens with zero attached hydrogens (tertiary/aromatic N) is 4. The van der Waals surface area contributed by atoms with Crippen LogP contribution in [-0.4, -0.2) is 25.6 Å². The van der Waals surface area contributed by atoms with Gasteiger partial charge in [0.15, 0.2) is 10.8 Å². The lowest BCUT2D eigenvalue weighted by molar-refractivity contribution is 0.0685. The molecule has 4 rings (SSSR count). The zero-order chi connectivity index (χ0) is 24.8. The van der Waals surface area contributed by atoms with E-state index in [4.69, 9.17) is 16.3 Å². The summed E-state index contributed by atoms with van der Waals surface area (Å²) in [6.07, 6.45) is 4.15. The van der Waals surface area contributed by atoms with Crippen LogP contribution in [0.1, 0.15) is 47.2 Å². The van der Waals surface area contributed by atoms with Crippen LogP contribution in [0.2, 0.25) is 5.15 Å². The number of rotatable bonds is 9. The van der Waals surface area contributed by atoms with Gasteiger partial charge in [-0.3, -0.25) is 0 Å². The minimum atomic E-state index is -1.11. The maximum atomic E-state index is 11.8. The van der Waals surface area contributed by atoms with Crippen molar-refractivity contribution in [1.29, 1.82) is 5.26 Å². The molecule has 4 aromatic rings. The van der Waals surface area contributed by atoms with Crippen molar-refractivity contribution in [3.8, 4) is 28.8 Å². The van der Waals surface area contributed by atoms with Gasteiger partial charge in [0.25, 0.3) is 0 Å². The predicted octanol–water partition coefficient (Wildman–Crippen LogP) is 6.35. The van der Waals surface area contributed by atoms with Gasteiger partial charge in [-0.1, -0.05) is 55.3 Å². The predicted molar refractivity (Wildman–Crippen MR) is 133 cm³/mol. The summed E-state index contributed by atoms with van der Waals surface area (Å²) >= 11 is 6.14. The molecule has 0 saturated carbocycles. The zero-order valence-electron chi connectivity index (χ0n) is 19.1. The number of unbranched alkanes of at least 4 members (excludes halogenated alkanes) is 1. The van der Waals surface area contributed by atoms with Gasteiger partial charge in [-0.15, -0.1) is 0 Å². The maximum Gasteiger partial charge on any atom is 0.355 e. The molecule has 176 valence electrons. The van der Waals surface area contributed by atoms with Crippen LogP contribution in [0, 0.1) is 11.3 Å². The molecule has 2 heterocycles. The average molecular weight is 487 g/mol. The molecule has 0 saturated heterocycles. The van der Waals surface area contributed by atoms with Crippen molar-refractivity contribution in [1.82, 2.24) is 14.5 Å². The summed E-state index contributed by atoms with van der Waals surface area (Å²) in [5.74, 6) is 0.585. The SMILES string of the molecule is CCCCc1nc(Cl)c(C(=O)O)n1Cc1ccc(-c2cc(Oc3ccccn3)ccc2C#N)cc1. The normalized spacial score (nSPS) is 10.7. The fourth-order valence-electron chi connectivity index (χ4n) is 3.79. The largest absolute Gasteiger partial charge is 0.476 e. The Bertz CT molecular complexity index is 1380. The molecular formula is C27H23ClN4O3. The number of ether oxygens (including phenoxy) is 1. The molecule has 0 aliphatic heterocycles. The molecule has 0 atom stereocenters. The van der Waals surface area contributed by atoms with E-state index in [1.807, 2.05) is 42.5 Å². The van der Waals surface area contributed by atoms with Crippen molar-refractivity contribution in [2.75, 3.05) is 0 Å². The highest BCUT2D eigenvalue weighted by atomic mass is 35.5. The van der Waals surface area contributed by atoms with E-state index in [2.05, 4.69) is 23.0 Å². The number of imidazole rings is 1.